The molecule has 2 unspecified atom stereocenters. The number of Topliss-reactive ketones (excluding diaryl/α,β-unsaturated/α-hetero) is 1. The van der Waals surface area contributed by atoms with Gasteiger partial charge in [0, 0.05) is 11.8 Å². The summed E-state index contributed by atoms with van der Waals surface area (Å²) in [5.74, 6) is 0.0615. The summed E-state index contributed by atoms with van der Waals surface area (Å²) >= 11 is 0. The summed E-state index contributed by atoms with van der Waals surface area (Å²) in [6, 6.07) is 0. The fraction of sp³-hybridized carbons (Fsp3) is 0.923. The van der Waals surface area contributed by atoms with E-state index >= 15 is 0 Å². The van der Waals surface area contributed by atoms with Crippen LogP contribution in [0.5, 0.6) is 0 Å². The summed E-state index contributed by atoms with van der Waals surface area (Å²) in [4.78, 5) is 11.8. The minimum absolute atomic E-state index is 0.0615. The van der Waals surface area contributed by atoms with Crippen molar-refractivity contribution in [2.75, 3.05) is 0 Å². The molecule has 2 heteroatoms. The molecular formula is C13H22O2. The van der Waals surface area contributed by atoms with E-state index in [1.165, 1.54) is 0 Å². The van der Waals surface area contributed by atoms with Crippen LogP contribution >= 0.6 is 0 Å². The molecule has 2 fully saturated rings. The van der Waals surface area contributed by atoms with Crippen molar-refractivity contribution >= 4 is 5.78 Å². The molecule has 0 heterocycles. The normalized spacial score (nSPS) is 44.9. The third-order valence-electron chi connectivity index (χ3n) is 4.73. The van der Waals surface area contributed by atoms with Crippen LogP contribution in [-0.2, 0) is 4.79 Å². The lowest BCUT2D eigenvalue weighted by Gasteiger charge is -2.46. The second kappa shape index (κ2) is 3.07. The summed E-state index contributed by atoms with van der Waals surface area (Å²) in [5.41, 5.74) is -0.896. The maximum Gasteiger partial charge on any atom is 0.164 e. The van der Waals surface area contributed by atoms with E-state index in [1.807, 2.05) is 0 Å². The number of carbonyl (C=O) groups excluding carboxylic acids is 1. The molecule has 0 saturated heterocycles. The summed E-state index contributed by atoms with van der Waals surface area (Å²) in [5, 5.41) is 10.5. The molecule has 2 saturated carbocycles. The molecule has 0 aromatic carbocycles. The van der Waals surface area contributed by atoms with Crippen molar-refractivity contribution in [1.29, 1.82) is 0 Å². The molecule has 2 rings (SSSR count). The lowest BCUT2D eigenvalue weighted by molar-refractivity contribution is -0.158. The van der Waals surface area contributed by atoms with Crippen LogP contribution in [0.25, 0.3) is 0 Å². The van der Waals surface area contributed by atoms with Crippen molar-refractivity contribution < 1.29 is 9.90 Å². The number of hydrogen-bond acceptors (Lipinski definition) is 2. The molecule has 0 bridgehead atoms. The highest BCUT2D eigenvalue weighted by Crippen LogP contribution is 2.59. The highest BCUT2D eigenvalue weighted by molar-refractivity contribution is 5.88. The molecule has 86 valence electrons. The van der Waals surface area contributed by atoms with E-state index in [9.17, 15) is 9.90 Å². The zero-order valence-electron chi connectivity index (χ0n) is 10.1. The van der Waals surface area contributed by atoms with Gasteiger partial charge in [0.05, 0.1) is 0 Å². The second-order valence-corrected chi connectivity index (χ2v) is 6.47. The predicted molar refractivity (Wildman–Crippen MR) is 59.5 cm³/mol. The van der Waals surface area contributed by atoms with Gasteiger partial charge in [0.15, 0.2) is 5.78 Å². The van der Waals surface area contributed by atoms with E-state index in [4.69, 9.17) is 0 Å². The number of rotatable bonds is 0. The van der Waals surface area contributed by atoms with Crippen molar-refractivity contribution in [3.63, 3.8) is 0 Å². The Bertz CT molecular complexity index is 291. The summed E-state index contributed by atoms with van der Waals surface area (Å²) in [6.45, 7) is 6.24. The molecule has 2 atom stereocenters. The lowest BCUT2D eigenvalue weighted by atomic mass is 9.61. The molecule has 0 aliphatic heterocycles. The molecule has 2 aliphatic carbocycles. The van der Waals surface area contributed by atoms with Gasteiger partial charge in [0.1, 0.15) is 5.60 Å². The van der Waals surface area contributed by atoms with E-state index in [1.54, 1.807) is 6.92 Å². The zero-order chi connectivity index (χ0) is 11.3. The van der Waals surface area contributed by atoms with Gasteiger partial charge < -0.3 is 5.11 Å². The number of aliphatic hydroxyl groups is 1. The molecule has 2 nitrogen and oxygen atoms in total. The first-order valence-electron chi connectivity index (χ1n) is 6.05. The third-order valence-corrected chi connectivity index (χ3v) is 4.73. The number of ketones is 1. The van der Waals surface area contributed by atoms with Crippen molar-refractivity contribution in [3.05, 3.63) is 0 Å². The van der Waals surface area contributed by atoms with Crippen LogP contribution in [-0.4, -0.2) is 16.5 Å². The van der Waals surface area contributed by atoms with Gasteiger partial charge in [0.2, 0.25) is 0 Å². The lowest BCUT2D eigenvalue weighted by Crippen LogP contribution is -2.53. The minimum Gasteiger partial charge on any atom is -0.382 e. The van der Waals surface area contributed by atoms with E-state index in [0.717, 1.165) is 32.1 Å². The van der Waals surface area contributed by atoms with Gasteiger partial charge in [-0.1, -0.05) is 13.8 Å². The summed E-state index contributed by atoms with van der Waals surface area (Å²) < 4.78 is 0. The van der Waals surface area contributed by atoms with Crippen molar-refractivity contribution in [2.24, 2.45) is 10.8 Å². The third kappa shape index (κ3) is 1.54. The minimum atomic E-state index is -1.07. The highest BCUT2D eigenvalue weighted by atomic mass is 16.3. The first kappa shape index (κ1) is 11.1. The fourth-order valence-corrected chi connectivity index (χ4v) is 3.67. The van der Waals surface area contributed by atoms with Crippen molar-refractivity contribution in [3.8, 4) is 0 Å². The Morgan fingerprint density at radius 3 is 2.33 bits per heavy atom. The van der Waals surface area contributed by atoms with E-state index < -0.39 is 5.60 Å². The molecule has 1 N–H and O–H groups in total. The quantitative estimate of drug-likeness (QED) is 0.667. The first-order valence-corrected chi connectivity index (χ1v) is 6.05. The smallest absolute Gasteiger partial charge is 0.164 e. The highest BCUT2D eigenvalue weighted by Gasteiger charge is 2.58. The first-order chi connectivity index (χ1) is 6.79. The van der Waals surface area contributed by atoms with Crippen LogP contribution in [0.2, 0.25) is 0 Å². The molecule has 0 aromatic rings. The molecule has 0 radical (unpaired) electrons. The standard InChI is InChI=1S/C13H22O2/c1-11(2)7-8-13(9-11)6-4-5-10(14)12(13,3)15/h15H,4-9H2,1-3H3. The van der Waals surface area contributed by atoms with E-state index in [0.29, 0.717) is 11.8 Å². The Labute approximate surface area is 92.1 Å². The Morgan fingerprint density at radius 1 is 1.13 bits per heavy atom. The summed E-state index contributed by atoms with van der Waals surface area (Å²) in [7, 11) is 0. The van der Waals surface area contributed by atoms with Gasteiger partial charge in [-0.3, -0.25) is 4.79 Å². The fourth-order valence-electron chi connectivity index (χ4n) is 3.67. The van der Waals surface area contributed by atoms with Gasteiger partial charge in [-0.05, 0) is 44.4 Å². The van der Waals surface area contributed by atoms with Crippen molar-refractivity contribution in [2.45, 2.75) is 64.9 Å². The van der Waals surface area contributed by atoms with Crippen LogP contribution in [0.15, 0.2) is 0 Å². The number of hydrogen-bond donors (Lipinski definition) is 1. The maximum absolute atomic E-state index is 11.8. The topological polar surface area (TPSA) is 37.3 Å². The Balaban J connectivity index is 2.31. The monoisotopic (exact) mass is 210 g/mol. The van der Waals surface area contributed by atoms with E-state index in [2.05, 4.69) is 13.8 Å². The largest absolute Gasteiger partial charge is 0.382 e. The molecule has 2 aliphatic rings. The molecule has 1 spiro atoms. The summed E-state index contributed by atoms with van der Waals surface area (Å²) in [6.07, 6.45) is 5.70. The Kier molecular flexibility index (Phi) is 2.27. The van der Waals surface area contributed by atoms with Gasteiger partial charge in [-0.2, -0.15) is 0 Å². The van der Waals surface area contributed by atoms with Crippen LogP contribution in [0.4, 0.5) is 0 Å². The van der Waals surface area contributed by atoms with Crippen LogP contribution in [0.3, 0.4) is 0 Å². The molecular weight excluding hydrogens is 188 g/mol. The second-order valence-electron chi connectivity index (χ2n) is 6.47. The Hall–Kier alpha value is -0.370. The zero-order valence-corrected chi connectivity index (χ0v) is 10.1. The van der Waals surface area contributed by atoms with Crippen molar-refractivity contribution in [1.82, 2.24) is 0 Å². The molecule has 0 amide bonds. The molecule has 0 aromatic heterocycles. The SMILES string of the molecule is CC1(C)CCC2(CCCC(=O)C2(C)O)C1. The van der Waals surface area contributed by atoms with Crippen LogP contribution < -0.4 is 0 Å². The number of carbonyl (C=O) groups is 1. The van der Waals surface area contributed by atoms with Crippen LogP contribution in [0.1, 0.15) is 59.3 Å². The van der Waals surface area contributed by atoms with Gasteiger partial charge >= 0.3 is 0 Å². The van der Waals surface area contributed by atoms with Gasteiger partial charge in [-0.15, -0.1) is 0 Å². The van der Waals surface area contributed by atoms with Gasteiger partial charge in [0.25, 0.3) is 0 Å². The Morgan fingerprint density at radius 2 is 1.80 bits per heavy atom. The van der Waals surface area contributed by atoms with Gasteiger partial charge in [-0.25, -0.2) is 0 Å². The van der Waals surface area contributed by atoms with Crippen LogP contribution in [0, 0.1) is 10.8 Å². The average Bonchev–Trinajstić information content (AvgIpc) is 2.41. The molecule has 15 heavy (non-hydrogen) atoms. The average molecular weight is 210 g/mol. The predicted octanol–water partition coefficient (Wildman–Crippen LogP) is 2.69. The maximum atomic E-state index is 11.8. The van der Waals surface area contributed by atoms with E-state index in [-0.39, 0.29) is 11.2 Å².